The summed E-state index contributed by atoms with van der Waals surface area (Å²) in [7, 11) is 1.51. The molecular weight excluding hydrogens is 374 g/mol. The summed E-state index contributed by atoms with van der Waals surface area (Å²) < 4.78 is 10.7. The minimum absolute atomic E-state index is 0.0472. The van der Waals surface area contributed by atoms with E-state index in [4.69, 9.17) is 9.47 Å². The Kier molecular flexibility index (Phi) is 6.62. The van der Waals surface area contributed by atoms with Gasteiger partial charge in [0.25, 0.3) is 5.91 Å². The van der Waals surface area contributed by atoms with Crippen molar-refractivity contribution >= 4 is 23.6 Å². The zero-order valence-corrected chi connectivity index (χ0v) is 17.2. The summed E-state index contributed by atoms with van der Waals surface area (Å²) in [6.07, 6.45) is 3.98. The molecule has 1 amide bonds. The first-order valence-electron chi connectivity index (χ1n) is 9.34. The zero-order chi connectivity index (χ0) is 20.1. The standard InChI is InChI=1S/C22H25NO4S/c1-14(27-22(25)18-12-11-16(28-3)13-20(18)26-2)21(24)23-19-10-6-8-15-7-4-5-9-17(15)19/h4-5,7,9,11-14,19H,6,8,10H2,1-3H3,(H,23,24)/t14-,19-/m1/s1. The second-order valence-corrected chi connectivity index (χ2v) is 7.65. The summed E-state index contributed by atoms with van der Waals surface area (Å²) in [5, 5.41) is 3.03. The average Bonchev–Trinajstić information content (AvgIpc) is 2.73. The molecule has 148 valence electrons. The van der Waals surface area contributed by atoms with Gasteiger partial charge >= 0.3 is 5.97 Å². The van der Waals surface area contributed by atoms with Gasteiger partial charge in [0.05, 0.1) is 13.2 Å². The van der Waals surface area contributed by atoms with Crippen molar-refractivity contribution in [2.75, 3.05) is 13.4 Å². The lowest BCUT2D eigenvalue weighted by atomic mass is 9.87. The number of ether oxygens (including phenoxy) is 2. The number of hydrogen-bond donors (Lipinski definition) is 1. The van der Waals surface area contributed by atoms with Crippen molar-refractivity contribution in [2.24, 2.45) is 0 Å². The van der Waals surface area contributed by atoms with E-state index in [2.05, 4.69) is 11.4 Å². The molecule has 1 N–H and O–H groups in total. The Hall–Kier alpha value is -2.47. The second kappa shape index (κ2) is 9.15. The Morgan fingerprint density at radius 2 is 2.00 bits per heavy atom. The predicted octanol–water partition coefficient (Wildman–Crippen LogP) is 4.16. The lowest BCUT2D eigenvalue weighted by Crippen LogP contribution is -2.39. The van der Waals surface area contributed by atoms with Gasteiger partial charge in [-0.1, -0.05) is 24.3 Å². The van der Waals surface area contributed by atoms with Crippen LogP contribution in [0.4, 0.5) is 0 Å². The third kappa shape index (κ3) is 4.50. The van der Waals surface area contributed by atoms with Crippen LogP contribution in [0.2, 0.25) is 0 Å². The maximum absolute atomic E-state index is 12.6. The first-order valence-corrected chi connectivity index (χ1v) is 10.6. The van der Waals surface area contributed by atoms with E-state index in [0.29, 0.717) is 11.3 Å². The molecule has 0 aromatic heterocycles. The van der Waals surface area contributed by atoms with E-state index in [9.17, 15) is 9.59 Å². The average molecular weight is 400 g/mol. The van der Waals surface area contributed by atoms with E-state index in [1.54, 1.807) is 30.8 Å². The lowest BCUT2D eigenvalue weighted by molar-refractivity contribution is -0.130. The number of hydrogen-bond acceptors (Lipinski definition) is 5. The number of carbonyl (C=O) groups excluding carboxylic acids is 2. The zero-order valence-electron chi connectivity index (χ0n) is 16.4. The first-order chi connectivity index (χ1) is 13.5. The van der Waals surface area contributed by atoms with Crippen molar-refractivity contribution in [3.8, 4) is 5.75 Å². The molecule has 28 heavy (non-hydrogen) atoms. The quantitative estimate of drug-likeness (QED) is 0.584. The van der Waals surface area contributed by atoms with Crippen LogP contribution in [0.3, 0.4) is 0 Å². The number of nitrogens with one attached hydrogen (secondary N) is 1. The van der Waals surface area contributed by atoms with Gasteiger partial charge in [0.1, 0.15) is 11.3 Å². The molecule has 0 bridgehead atoms. The molecule has 1 aliphatic rings. The third-order valence-corrected chi connectivity index (χ3v) is 5.69. The molecule has 0 aliphatic heterocycles. The highest BCUT2D eigenvalue weighted by molar-refractivity contribution is 7.98. The number of carbonyl (C=O) groups is 2. The van der Waals surface area contributed by atoms with Gasteiger partial charge in [-0.05, 0) is 61.8 Å². The number of benzene rings is 2. The Morgan fingerprint density at radius 1 is 1.21 bits per heavy atom. The molecule has 2 aromatic carbocycles. The fraction of sp³-hybridized carbons (Fsp3) is 0.364. The molecule has 5 nitrogen and oxygen atoms in total. The largest absolute Gasteiger partial charge is 0.496 e. The predicted molar refractivity (Wildman–Crippen MR) is 110 cm³/mol. The van der Waals surface area contributed by atoms with Crippen LogP contribution >= 0.6 is 11.8 Å². The van der Waals surface area contributed by atoms with Gasteiger partial charge in [0, 0.05) is 4.90 Å². The van der Waals surface area contributed by atoms with Crippen LogP contribution < -0.4 is 10.1 Å². The third-order valence-electron chi connectivity index (χ3n) is 4.97. The van der Waals surface area contributed by atoms with Gasteiger partial charge in [-0.25, -0.2) is 4.79 Å². The number of fused-ring (bicyclic) bond motifs is 1. The van der Waals surface area contributed by atoms with Crippen LogP contribution in [0, 0.1) is 0 Å². The summed E-state index contributed by atoms with van der Waals surface area (Å²) >= 11 is 1.56. The van der Waals surface area contributed by atoms with Crippen molar-refractivity contribution in [1.29, 1.82) is 0 Å². The van der Waals surface area contributed by atoms with Gasteiger partial charge in [-0.15, -0.1) is 11.8 Å². The minimum Gasteiger partial charge on any atom is -0.496 e. The molecule has 0 heterocycles. The topological polar surface area (TPSA) is 64.6 Å². The van der Waals surface area contributed by atoms with Crippen LogP contribution in [0.15, 0.2) is 47.4 Å². The molecule has 0 spiro atoms. The fourth-order valence-corrected chi connectivity index (χ4v) is 3.87. The van der Waals surface area contributed by atoms with Crippen molar-refractivity contribution in [2.45, 2.75) is 43.2 Å². The molecule has 0 saturated heterocycles. The smallest absolute Gasteiger partial charge is 0.342 e. The number of aryl methyl sites for hydroxylation is 1. The van der Waals surface area contributed by atoms with Crippen LogP contribution in [0.1, 0.15) is 47.3 Å². The number of rotatable bonds is 6. The SMILES string of the molecule is COc1cc(SC)ccc1C(=O)O[C@H](C)C(=O)N[C@@H]1CCCc2ccccc21. The number of thioether (sulfide) groups is 1. The Bertz CT molecular complexity index is 867. The highest BCUT2D eigenvalue weighted by Gasteiger charge is 2.26. The molecule has 0 fully saturated rings. The first kappa shape index (κ1) is 20.3. The molecule has 1 aliphatic carbocycles. The molecule has 0 unspecified atom stereocenters. The fourth-order valence-electron chi connectivity index (χ4n) is 3.44. The van der Waals surface area contributed by atoms with Crippen LogP contribution in [-0.4, -0.2) is 31.3 Å². The Balaban J connectivity index is 1.66. The number of esters is 1. The van der Waals surface area contributed by atoms with E-state index in [1.807, 2.05) is 30.5 Å². The van der Waals surface area contributed by atoms with Crippen LogP contribution in [-0.2, 0) is 16.0 Å². The van der Waals surface area contributed by atoms with E-state index in [-0.39, 0.29) is 11.9 Å². The minimum atomic E-state index is -0.897. The van der Waals surface area contributed by atoms with E-state index < -0.39 is 12.1 Å². The normalized spacial score (nSPS) is 16.6. The van der Waals surface area contributed by atoms with Gasteiger partial charge in [-0.3, -0.25) is 4.79 Å². The maximum Gasteiger partial charge on any atom is 0.342 e. The van der Waals surface area contributed by atoms with Crippen molar-refractivity contribution < 1.29 is 19.1 Å². The highest BCUT2D eigenvalue weighted by Crippen LogP contribution is 2.30. The summed E-state index contributed by atoms with van der Waals surface area (Å²) in [6, 6.07) is 13.4. The Labute approximate surface area is 169 Å². The van der Waals surface area contributed by atoms with Gasteiger partial charge < -0.3 is 14.8 Å². The summed E-state index contributed by atoms with van der Waals surface area (Å²) in [5.41, 5.74) is 2.72. The summed E-state index contributed by atoms with van der Waals surface area (Å²) in [5.74, 6) is -0.434. The lowest BCUT2D eigenvalue weighted by Gasteiger charge is -2.27. The molecule has 2 atom stereocenters. The van der Waals surface area contributed by atoms with Gasteiger partial charge in [0.15, 0.2) is 6.10 Å². The second-order valence-electron chi connectivity index (χ2n) is 6.77. The molecular formula is C22H25NO4S. The number of methoxy groups -OCH3 is 1. The van der Waals surface area contributed by atoms with Crippen molar-refractivity contribution in [3.05, 3.63) is 59.2 Å². The van der Waals surface area contributed by atoms with E-state index in [0.717, 1.165) is 29.7 Å². The molecule has 2 aromatic rings. The van der Waals surface area contributed by atoms with Crippen LogP contribution in [0.25, 0.3) is 0 Å². The monoisotopic (exact) mass is 399 g/mol. The van der Waals surface area contributed by atoms with Gasteiger partial charge in [-0.2, -0.15) is 0 Å². The molecule has 0 radical (unpaired) electrons. The van der Waals surface area contributed by atoms with E-state index >= 15 is 0 Å². The van der Waals surface area contributed by atoms with Crippen molar-refractivity contribution in [1.82, 2.24) is 5.32 Å². The molecule has 6 heteroatoms. The van der Waals surface area contributed by atoms with E-state index in [1.165, 1.54) is 12.7 Å². The van der Waals surface area contributed by atoms with Gasteiger partial charge in [0.2, 0.25) is 0 Å². The van der Waals surface area contributed by atoms with Crippen LogP contribution in [0.5, 0.6) is 5.75 Å². The molecule has 0 saturated carbocycles. The molecule has 3 rings (SSSR count). The summed E-state index contributed by atoms with van der Waals surface area (Å²) in [4.78, 5) is 26.1. The number of amides is 1. The highest BCUT2D eigenvalue weighted by atomic mass is 32.2. The Morgan fingerprint density at radius 3 is 2.75 bits per heavy atom. The maximum atomic E-state index is 12.6. The summed E-state index contributed by atoms with van der Waals surface area (Å²) in [6.45, 7) is 1.59. The van der Waals surface area contributed by atoms with Crippen molar-refractivity contribution in [3.63, 3.8) is 0 Å².